The van der Waals surface area contributed by atoms with E-state index in [0.717, 1.165) is 18.7 Å². The predicted molar refractivity (Wildman–Crippen MR) is 89.8 cm³/mol. The topological polar surface area (TPSA) is 54.5 Å². The number of ether oxygens (including phenoxy) is 1. The van der Waals surface area contributed by atoms with Crippen LogP contribution >= 0.6 is 0 Å². The fourth-order valence-electron chi connectivity index (χ4n) is 2.84. The number of hydrogen-bond acceptors (Lipinski definition) is 4. The first-order valence-electron chi connectivity index (χ1n) is 7.89. The molecule has 5 heteroatoms. The van der Waals surface area contributed by atoms with Crippen LogP contribution in [0.5, 0.6) is 5.88 Å². The number of pyridine rings is 1. The minimum Gasteiger partial charge on any atom is -0.481 e. The Labute approximate surface area is 136 Å². The van der Waals surface area contributed by atoms with Crippen molar-refractivity contribution in [2.75, 3.05) is 25.1 Å². The van der Waals surface area contributed by atoms with E-state index in [0.29, 0.717) is 18.0 Å². The average molecular weight is 311 g/mol. The minimum atomic E-state index is -0.128. The van der Waals surface area contributed by atoms with Crippen molar-refractivity contribution in [2.45, 2.75) is 19.4 Å². The SMILES string of the molecule is COc1ccc(C(=O)NCc2ccccc2N2CCCC2)cn1. The number of aromatic nitrogens is 1. The van der Waals surface area contributed by atoms with Crippen LogP contribution in [0.3, 0.4) is 0 Å². The molecule has 120 valence electrons. The van der Waals surface area contributed by atoms with E-state index in [4.69, 9.17) is 4.74 Å². The lowest BCUT2D eigenvalue weighted by Crippen LogP contribution is -2.25. The van der Waals surface area contributed by atoms with Crippen LogP contribution in [0, 0.1) is 0 Å². The summed E-state index contributed by atoms with van der Waals surface area (Å²) >= 11 is 0. The summed E-state index contributed by atoms with van der Waals surface area (Å²) in [7, 11) is 1.55. The molecule has 1 N–H and O–H groups in total. The first-order valence-corrected chi connectivity index (χ1v) is 7.89. The number of nitrogens with one attached hydrogen (secondary N) is 1. The molecule has 0 radical (unpaired) electrons. The molecule has 23 heavy (non-hydrogen) atoms. The van der Waals surface area contributed by atoms with E-state index in [1.54, 1.807) is 19.2 Å². The van der Waals surface area contributed by atoms with Gasteiger partial charge >= 0.3 is 0 Å². The van der Waals surface area contributed by atoms with E-state index in [1.165, 1.54) is 24.7 Å². The number of rotatable bonds is 5. The monoisotopic (exact) mass is 311 g/mol. The molecule has 0 unspecified atom stereocenters. The van der Waals surface area contributed by atoms with Crippen LogP contribution in [0.15, 0.2) is 42.6 Å². The maximum absolute atomic E-state index is 12.2. The van der Waals surface area contributed by atoms with Crippen LogP contribution < -0.4 is 15.0 Å². The highest BCUT2D eigenvalue weighted by atomic mass is 16.5. The van der Waals surface area contributed by atoms with Crippen LogP contribution in [0.4, 0.5) is 5.69 Å². The summed E-state index contributed by atoms with van der Waals surface area (Å²) < 4.78 is 5.00. The summed E-state index contributed by atoms with van der Waals surface area (Å²) in [4.78, 5) is 18.7. The van der Waals surface area contributed by atoms with Gasteiger partial charge in [-0.1, -0.05) is 18.2 Å². The van der Waals surface area contributed by atoms with Crippen molar-refractivity contribution in [1.29, 1.82) is 0 Å². The molecule has 1 amide bonds. The zero-order chi connectivity index (χ0) is 16.1. The molecule has 1 aliphatic rings. The number of hydrogen-bond donors (Lipinski definition) is 1. The van der Waals surface area contributed by atoms with Gasteiger partial charge < -0.3 is 15.0 Å². The lowest BCUT2D eigenvalue weighted by Gasteiger charge is -2.21. The largest absolute Gasteiger partial charge is 0.481 e. The van der Waals surface area contributed by atoms with Crippen LogP contribution in [0.1, 0.15) is 28.8 Å². The van der Waals surface area contributed by atoms with Crippen molar-refractivity contribution in [3.8, 4) is 5.88 Å². The predicted octanol–water partition coefficient (Wildman–Crippen LogP) is 2.62. The Hall–Kier alpha value is -2.56. The van der Waals surface area contributed by atoms with Crippen LogP contribution in [0.25, 0.3) is 0 Å². The molecule has 1 aromatic carbocycles. The van der Waals surface area contributed by atoms with Gasteiger partial charge in [-0.15, -0.1) is 0 Å². The van der Waals surface area contributed by atoms with Crippen molar-refractivity contribution in [3.05, 3.63) is 53.7 Å². The normalized spacial score (nSPS) is 13.9. The summed E-state index contributed by atoms with van der Waals surface area (Å²) in [6, 6.07) is 11.7. The number of carbonyl (C=O) groups excluding carboxylic acids is 1. The Bertz CT molecular complexity index is 664. The van der Waals surface area contributed by atoms with Crippen LogP contribution in [0.2, 0.25) is 0 Å². The van der Waals surface area contributed by atoms with Crippen molar-refractivity contribution >= 4 is 11.6 Å². The van der Waals surface area contributed by atoms with Crippen LogP contribution in [-0.2, 0) is 6.54 Å². The Kier molecular flexibility index (Phi) is 4.76. The first-order chi connectivity index (χ1) is 11.3. The van der Waals surface area contributed by atoms with Crippen molar-refractivity contribution in [3.63, 3.8) is 0 Å². The highest BCUT2D eigenvalue weighted by Gasteiger charge is 2.15. The van der Waals surface area contributed by atoms with Gasteiger partial charge in [-0.3, -0.25) is 4.79 Å². The third-order valence-corrected chi connectivity index (χ3v) is 4.09. The molecule has 1 saturated heterocycles. The standard InChI is InChI=1S/C18H21N3O2/c1-23-17-9-8-15(13-19-17)18(22)20-12-14-6-2-3-7-16(14)21-10-4-5-11-21/h2-3,6-9,13H,4-5,10-12H2,1H3,(H,20,22). The molecule has 0 spiro atoms. The Morgan fingerprint density at radius 1 is 1.22 bits per heavy atom. The maximum Gasteiger partial charge on any atom is 0.253 e. The number of amides is 1. The van der Waals surface area contributed by atoms with E-state index in [9.17, 15) is 4.79 Å². The first kappa shape index (κ1) is 15.3. The second kappa shape index (κ2) is 7.13. The zero-order valence-electron chi connectivity index (χ0n) is 13.3. The quantitative estimate of drug-likeness (QED) is 0.922. The molecule has 2 heterocycles. The smallest absolute Gasteiger partial charge is 0.253 e. The molecule has 1 fully saturated rings. The summed E-state index contributed by atoms with van der Waals surface area (Å²) in [6.07, 6.45) is 4.00. The van der Waals surface area contributed by atoms with E-state index in [1.807, 2.05) is 12.1 Å². The summed E-state index contributed by atoms with van der Waals surface area (Å²) in [6.45, 7) is 2.69. The van der Waals surface area contributed by atoms with Crippen molar-refractivity contribution in [2.24, 2.45) is 0 Å². The van der Waals surface area contributed by atoms with E-state index >= 15 is 0 Å². The number of nitrogens with zero attached hydrogens (tertiary/aromatic N) is 2. The summed E-state index contributed by atoms with van der Waals surface area (Å²) in [5, 5.41) is 2.97. The van der Waals surface area contributed by atoms with Gasteiger partial charge in [0.15, 0.2) is 0 Å². The van der Waals surface area contributed by atoms with Gasteiger partial charge in [0.2, 0.25) is 5.88 Å². The van der Waals surface area contributed by atoms with Crippen LogP contribution in [-0.4, -0.2) is 31.1 Å². The highest BCUT2D eigenvalue weighted by molar-refractivity contribution is 5.93. The Morgan fingerprint density at radius 2 is 2.00 bits per heavy atom. The Morgan fingerprint density at radius 3 is 2.70 bits per heavy atom. The summed E-state index contributed by atoms with van der Waals surface area (Å²) in [5.74, 6) is 0.373. The number of carbonyl (C=O) groups is 1. The van der Waals surface area contributed by atoms with Gasteiger partial charge in [0.25, 0.3) is 5.91 Å². The molecular formula is C18H21N3O2. The average Bonchev–Trinajstić information content (AvgIpc) is 3.14. The van der Waals surface area contributed by atoms with Gasteiger partial charge in [0.05, 0.1) is 12.7 Å². The fraction of sp³-hybridized carbons (Fsp3) is 0.333. The van der Waals surface area contributed by atoms with Gasteiger partial charge in [0, 0.05) is 37.6 Å². The van der Waals surface area contributed by atoms with Gasteiger partial charge in [0.1, 0.15) is 0 Å². The fourth-order valence-corrected chi connectivity index (χ4v) is 2.84. The second-order valence-electron chi connectivity index (χ2n) is 5.59. The molecular weight excluding hydrogens is 290 g/mol. The number of methoxy groups -OCH3 is 1. The molecule has 1 aromatic heterocycles. The Balaban J connectivity index is 1.66. The van der Waals surface area contributed by atoms with Gasteiger partial charge in [-0.05, 0) is 30.5 Å². The minimum absolute atomic E-state index is 0.128. The highest BCUT2D eigenvalue weighted by Crippen LogP contribution is 2.24. The summed E-state index contributed by atoms with van der Waals surface area (Å²) in [5.41, 5.74) is 2.90. The van der Waals surface area contributed by atoms with Crippen molar-refractivity contribution < 1.29 is 9.53 Å². The second-order valence-corrected chi connectivity index (χ2v) is 5.59. The molecule has 0 aliphatic carbocycles. The van der Waals surface area contributed by atoms with Gasteiger partial charge in [-0.2, -0.15) is 0 Å². The third kappa shape index (κ3) is 3.62. The molecule has 0 saturated carbocycles. The molecule has 0 atom stereocenters. The van der Waals surface area contributed by atoms with Crippen molar-refractivity contribution in [1.82, 2.24) is 10.3 Å². The molecule has 0 bridgehead atoms. The third-order valence-electron chi connectivity index (χ3n) is 4.09. The van der Waals surface area contributed by atoms with E-state index in [2.05, 4.69) is 27.3 Å². The van der Waals surface area contributed by atoms with E-state index in [-0.39, 0.29) is 5.91 Å². The number of benzene rings is 1. The lowest BCUT2D eigenvalue weighted by atomic mass is 10.1. The van der Waals surface area contributed by atoms with Gasteiger partial charge in [-0.25, -0.2) is 4.98 Å². The lowest BCUT2D eigenvalue weighted by molar-refractivity contribution is 0.0950. The molecule has 3 rings (SSSR count). The molecule has 5 nitrogen and oxygen atoms in total. The van der Waals surface area contributed by atoms with E-state index < -0.39 is 0 Å². The zero-order valence-corrected chi connectivity index (χ0v) is 13.3. The number of para-hydroxylation sites is 1. The number of anilines is 1. The maximum atomic E-state index is 12.2. The molecule has 2 aromatic rings. The molecule has 1 aliphatic heterocycles.